The van der Waals surface area contributed by atoms with E-state index in [9.17, 15) is 4.79 Å². The van der Waals surface area contributed by atoms with Crippen molar-refractivity contribution in [2.45, 2.75) is 26.3 Å². The second-order valence-corrected chi connectivity index (χ2v) is 4.73. The largest absolute Gasteiger partial charge is 0.355 e. The van der Waals surface area contributed by atoms with Gasteiger partial charge in [0.25, 0.3) is 0 Å². The van der Waals surface area contributed by atoms with Crippen molar-refractivity contribution in [2.75, 3.05) is 6.54 Å². The number of nitrogens with one attached hydrogen (secondary N) is 1. The van der Waals surface area contributed by atoms with Crippen LogP contribution < -0.4 is 11.1 Å². The molecule has 0 bridgehead atoms. The van der Waals surface area contributed by atoms with Crippen LogP contribution in [0.3, 0.4) is 0 Å². The number of hydrogen-bond acceptors (Lipinski definition) is 4. The lowest BCUT2D eigenvalue weighted by Gasteiger charge is -2.14. The van der Waals surface area contributed by atoms with Gasteiger partial charge in [0.2, 0.25) is 5.91 Å². The number of amides is 1. The van der Waals surface area contributed by atoms with E-state index in [0.717, 1.165) is 11.5 Å². The smallest absolute Gasteiger partial charge is 0.224 e. The molecule has 3 N–H and O–H groups in total. The molecule has 2 heterocycles. The molecule has 2 unspecified atom stereocenters. The Bertz CT molecular complexity index is 563. The molecule has 0 saturated heterocycles. The number of pyridine rings is 1. The summed E-state index contributed by atoms with van der Waals surface area (Å²) in [4.78, 5) is 11.7. The number of aromatic nitrogens is 3. The Morgan fingerprint density at radius 3 is 2.95 bits per heavy atom. The van der Waals surface area contributed by atoms with Crippen molar-refractivity contribution in [1.29, 1.82) is 0 Å². The van der Waals surface area contributed by atoms with E-state index in [2.05, 4.69) is 15.5 Å². The van der Waals surface area contributed by atoms with E-state index in [-0.39, 0.29) is 17.9 Å². The van der Waals surface area contributed by atoms with E-state index >= 15 is 0 Å². The SMILES string of the molecule is CC(N)C(C)C(=O)NCCc1nnc2ccccn12. The van der Waals surface area contributed by atoms with E-state index in [0.29, 0.717) is 13.0 Å². The zero-order chi connectivity index (χ0) is 13.8. The number of hydrogen-bond donors (Lipinski definition) is 2. The average Bonchev–Trinajstić information content (AvgIpc) is 2.81. The monoisotopic (exact) mass is 261 g/mol. The molecule has 0 aliphatic carbocycles. The van der Waals surface area contributed by atoms with Crippen LogP contribution >= 0.6 is 0 Å². The number of nitrogens with two attached hydrogens (primary N) is 1. The number of fused-ring (bicyclic) bond motifs is 1. The van der Waals surface area contributed by atoms with E-state index in [1.54, 1.807) is 0 Å². The Morgan fingerprint density at radius 2 is 2.21 bits per heavy atom. The summed E-state index contributed by atoms with van der Waals surface area (Å²) < 4.78 is 1.92. The van der Waals surface area contributed by atoms with Crippen LogP contribution in [0.5, 0.6) is 0 Å². The van der Waals surface area contributed by atoms with Crippen LogP contribution in [0.1, 0.15) is 19.7 Å². The van der Waals surface area contributed by atoms with Crippen molar-refractivity contribution >= 4 is 11.6 Å². The van der Waals surface area contributed by atoms with Crippen molar-refractivity contribution in [3.05, 3.63) is 30.2 Å². The standard InChI is InChI=1S/C13H19N5O/c1-9(10(2)14)13(19)15-7-6-12-17-16-11-5-3-4-8-18(11)12/h3-5,8-10H,6-7,14H2,1-2H3,(H,15,19). The van der Waals surface area contributed by atoms with Crippen LogP contribution in [0.25, 0.3) is 5.65 Å². The normalized spacial score (nSPS) is 14.3. The van der Waals surface area contributed by atoms with Crippen LogP contribution in [-0.4, -0.2) is 33.1 Å². The number of carbonyl (C=O) groups is 1. The van der Waals surface area contributed by atoms with Gasteiger partial charge >= 0.3 is 0 Å². The van der Waals surface area contributed by atoms with Crippen LogP contribution in [0.15, 0.2) is 24.4 Å². The summed E-state index contributed by atoms with van der Waals surface area (Å²) in [5, 5.41) is 11.0. The second kappa shape index (κ2) is 5.79. The molecule has 0 saturated carbocycles. The Morgan fingerprint density at radius 1 is 1.42 bits per heavy atom. The molecule has 1 amide bonds. The maximum absolute atomic E-state index is 11.7. The number of carbonyl (C=O) groups excluding carboxylic acids is 1. The molecule has 0 fully saturated rings. The van der Waals surface area contributed by atoms with Crippen LogP contribution in [0, 0.1) is 5.92 Å². The van der Waals surface area contributed by atoms with Crippen molar-refractivity contribution in [3.8, 4) is 0 Å². The van der Waals surface area contributed by atoms with Crippen molar-refractivity contribution in [1.82, 2.24) is 19.9 Å². The summed E-state index contributed by atoms with van der Waals surface area (Å²) in [6, 6.07) is 5.60. The van der Waals surface area contributed by atoms with Crippen LogP contribution in [-0.2, 0) is 11.2 Å². The van der Waals surface area contributed by atoms with Gasteiger partial charge in [-0.05, 0) is 19.1 Å². The molecule has 6 nitrogen and oxygen atoms in total. The molecule has 2 aromatic rings. The minimum atomic E-state index is -0.185. The first kappa shape index (κ1) is 13.5. The van der Waals surface area contributed by atoms with Crippen LogP contribution in [0.2, 0.25) is 0 Å². The van der Waals surface area contributed by atoms with Crippen LogP contribution in [0.4, 0.5) is 0 Å². The Labute approximate surface area is 112 Å². The first-order chi connectivity index (χ1) is 9.09. The van der Waals surface area contributed by atoms with E-state index in [1.165, 1.54) is 0 Å². The van der Waals surface area contributed by atoms with Gasteiger partial charge in [0.15, 0.2) is 5.65 Å². The second-order valence-electron chi connectivity index (χ2n) is 4.73. The van der Waals surface area contributed by atoms with Crippen molar-refractivity contribution in [3.63, 3.8) is 0 Å². The first-order valence-electron chi connectivity index (χ1n) is 6.41. The predicted octanol–water partition coefficient (Wildman–Crippen LogP) is 0.371. The third kappa shape index (κ3) is 3.08. The highest BCUT2D eigenvalue weighted by Gasteiger charge is 2.16. The zero-order valence-electron chi connectivity index (χ0n) is 11.2. The Kier molecular flexibility index (Phi) is 4.11. The summed E-state index contributed by atoms with van der Waals surface area (Å²) in [6.45, 7) is 4.19. The lowest BCUT2D eigenvalue weighted by Crippen LogP contribution is -2.39. The van der Waals surface area contributed by atoms with Crippen molar-refractivity contribution in [2.24, 2.45) is 11.7 Å². The minimum Gasteiger partial charge on any atom is -0.355 e. The molecule has 0 radical (unpaired) electrons. The predicted molar refractivity (Wildman–Crippen MR) is 72.5 cm³/mol. The molecule has 0 aromatic carbocycles. The summed E-state index contributed by atoms with van der Waals surface area (Å²) in [7, 11) is 0. The summed E-state index contributed by atoms with van der Waals surface area (Å²) in [5.74, 6) is 0.628. The molecule has 2 rings (SSSR count). The highest BCUT2D eigenvalue weighted by Crippen LogP contribution is 2.03. The molecule has 102 valence electrons. The first-order valence-corrected chi connectivity index (χ1v) is 6.41. The maximum atomic E-state index is 11.7. The third-order valence-corrected chi connectivity index (χ3v) is 3.23. The van der Waals surface area contributed by atoms with Gasteiger partial charge in [-0.3, -0.25) is 9.20 Å². The summed E-state index contributed by atoms with van der Waals surface area (Å²) in [6.07, 6.45) is 2.56. The fourth-order valence-corrected chi connectivity index (χ4v) is 1.76. The lowest BCUT2D eigenvalue weighted by molar-refractivity contribution is -0.124. The van der Waals surface area contributed by atoms with E-state index < -0.39 is 0 Å². The van der Waals surface area contributed by atoms with Gasteiger partial charge in [0, 0.05) is 31.1 Å². The topological polar surface area (TPSA) is 85.3 Å². The molecule has 0 spiro atoms. The molecule has 2 atom stereocenters. The fourth-order valence-electron chi connectivity index (χ4n) is 1.76. The van der Waals surface area contributed by atoms with Gasteiger partial charge in [-0.1, -0.05) is 13.0 Å². The molecule has 0 aliphatic rings. The zero-order valence-corrected chi connectivity index (χ0v) is 11.2. The molecule has 0 aliphatic heterocycles. The molecule has 19 heavy (non-hydrogen) atoms. The van der Waals surface area contributed by atoms with Gasteiger partial charge in [-0.25, -0.2) is 0 Å². The lowest BCUT2D eigenvalue weighted by atomic mass is 10.0. The highest BCUT2D eigenvalue weighted by molar-refractivity contribution is 5.78. The average molecular weight is 261 g/mol. The number of rotatable bonds is 5. The molecule has 6 heteroatoms. The minimum absolute atomic E-state index is 0.0242. The summed E-state index contributed by atoms with van der Waals surface area (Å²) >= 11 is 0. The number of nitrogens with zero attached hydrogens (tertiary/aromatic N) is 3. The van der Waals surface area contributed by atoms with Gasteiger partial charge in [-0.2, -0.15) is 0 Å². The Hall–Kier alpha value is -1.95. The van der Waals surface area contributed by atoms with Gasteiger partial charge in [-0.15, -0.1) is 10.2 Å². The fraction of sp³-hybridized carbons (Fsp3) is 0.462. The van der Waals surface area contributed by atoms with Crippen molar-refractivity contribution < 1.29 is 4.79 Å². The third-order valence-electron chi connectivity index (χ3n) is 3.23. The van der Waals surface area contributed by atoms with E-state index in [4.69, 9.17) is 5.73 Å². The van der Waals surface area contributed by atoms with Gasteiger partial charge in [0.1, 0.15) is 5.82 Å². The molecular formula is C13H19N5O. The van der Waals surface area contributed by atoms with E-state index in [1.807, 2.05) is 42.6 Å². The van der Waals surface area contributed by atoms with Gasteiger partial charge < -0.3 is 11.1 Å². The highest BCUT2D eigenvalue weighted by atomic mass is 16.1. The maximum Gasteiger partial charge on any atom is 0.224 e. The quantitative estimate of drug-likeness (QED) is 0.814. The Balaban J connectivity index is 1.91. The summed E-state index contributed by atoms with van der Waals surface area (Å²) in [5.41, 5.74) is 6.50. The molecule has 2 aromatic heterocycles. The van der Waals surface area contributed by atoms with Gasteiger partial charge in [0.05, 0.1) is 0 Å². The molecular weight excluding hydrogens is 242 g/mol.